The zero-order valence-electron chi connectivity index (χ0n) is 26.6. The van der Waals surface area contributed by atoms with Crippen molar-refractivity contribution in [3.05, 3.63) is 169 Å². The van der Waals surface area contributed by atoms with Crippen molar-refractivity contribution in [1.82, 2.24) is 9.97 Å². The number of nitrogens with zero attached hydrogens (tertiary/aromatic N) is 2. The van der Waals surface area contributed by atoms with E-state index in [1.807, 2.05) is 67.6 Å². The first-order chi connectivity index (χ1) is 23.0. The summed E-state index contributed by atoms with van der Waals surface area (Å²) in [4.78, 5) is 10.3. The molecule has 0 saturated carbocycles. The molecule has 0 aliphatic rings. The summed E-state index contributed by atoms with van der Waals surface area (Å²) in [6, 6.07) is 44.3. The first kappa shape index (κ1) is 29.6. The zero-order chi connectivity index (χ0) is 32.3. The van der Waals surface area contributed by atoms with Crippen LogP contribution in [0.5, 0.6) is 0 Å². The quantitative estimate of drug-likeness (QED) is 0.145. The average Bonchev–Trinajstić information content (AvgIpc) is 3.13. The van der Waals surface area contributed by atoms with Crippen LogP contribution in [0.1, 0.15) is 23.6 Å². The minimum atomic E-state index is 0.642. The predicted octanol–water partition coefficient (Wildman–Crippen LogP) is 11.3. The largest absolute Gasteiger partial charge is 0.398 e. The van der Waals surface area contributed by atoms with Gasteiger partial charge in [-0.15, -0.1) is 0 Å². The van der Waals surface area contributed by atoms with Crippen LogP contribution in [0.15, 0.2) is 152 Å². The maximum atomic E-state index is 6.72. The summed E-state index contributed by atoms with van der Waals surface area (Å²) in [5.74, 6) is 0.642. The van der Waals surface area contributed by atoms with E-state index in [0.29, 0.717) is 11.5 Å². The molecular formula is C44H35N3. The van der Waals surface area contributed by atoms with Gasteiger partial charge in [0.1, 0.15) is 0 Å². The first-order valence-corrected chi connectivity index (χ1v) is 15.9. The van der Waals surface area contributed by atoms with Crippen LogP contribution < -0.4 is 5.73 Å². The van der Waals surface area contributed by atoms with Gasteiger partial charge in [-0.1, -0.05) is 128 Å². The maximum Gasteiger partial charge on any atom is 0.160 e. The number of aromatic nitrogens is 2. The molecule has 0 atom stereocenters. The number of hydrogen-bond acceptors (Lipinski definition) is 3. The molecule has 0 fully saturated rings. The molecule has 0 aliphatic heterocycles. The van der Waals surface area contributed by atoms with Gasteiger partial charge in [-0.2, -0.15) is 0 Å². The van der Waals surface area contributed by atoms with E-state index in [2.05, 4.69) is 104 Å². The number of hydrogen-bond donors (Lipinski definition) is 1. The number of nitrogens with two attached hydrogens (primary N) is 1. The Morgan fingerprint density at radius 2 is 1.34 bits per heavy atom. The van der Waals surface area contributed by atoms with E-state index in [1.165, 1.54) is 27.1 Å². The molecule has 0 bridgehead atoms. The summed E-state index contributed by atoms with van der Waals surface area (Å²) in [5.41, 5.74) is 17.5. The molecule has 226 valence electrons. The molecule has 0 unspecified atom stereocenters. The van der Waals surface area contributed by atoms with E-state index in [9.17, 15) is 0 Å². The fraction of sp³-hybridized carbons (Fsp3) is 0.0455. The van der Waals surface area contributed by atoms with Crippen LogP contribution in [0.4, 0.5) is 0 Å². The van der Waals surface area contributed by atoms with E-state index in [1.54, 1.807) is 0 Å². The van der Waals surface area contributed by atoms with Crippen molar-refractivity contribution < 1.29 is 0 Å². The van der Waals surface area contributed by atoms with Gasteiger partial charge in [0.2, 0.25) is 0 Å². The van der Waals surface area contributed by atoms with Gasteiger partial charge in [0.05, 0.1) is 11.4 Å². The summed E-state index contributed by atoms with van der Waals surface area (Å²) in [5, 5.41) is 4.82. The fourth-order valence-electron chi connectivity index (χ4n) is 6.31. The van der Waals surface area contributed by atoms with Crippen LogP contribution in [0.2, 0.25) is 0 Å². The summed E-state index contributed by atoms with van der Waals surface area (Å²) in [6.07, 6.45) is 7.83. The molecule has 7 aromatic rings. The molecule has 0 aliphatic carbocycles. The van der Waals surface area contributed by atoms with Crippen molar-refractivity contribution in [2.75, 3.05) is 0 Å². The van der Waals surface area contributed by atoms with Crippen molar-refractivity contribution >= 4 is 33.3 Å². The third-order valence-electron chi connectivity index (χ3n) is 8.65. The molecule has 0 spiro atoms. The third kappa shape index (κ3) is 5.76. The van der Waals surface area contributed by atoms with E-state index >= 15 is 0 Å². The standard InChI is InChI=1S/C44H35N3/c1-4-6-20-39(45)35-25-34(37-23-21-29(3)42-38(37)24-22-33-19-13-18-30(5-2)43(33)42)26-36(27-35)44-46-40(31-14-9-7-10-15-31)28-41(47-44)32-16-11-8-12-17-32/h4-28H,2,45H2,1,3H3/b6-4-,39-20-. The van der Waals surface area contributed by atoms with E-state index in [4.69, 9.17) is 15.7 Å². The Kier molecular flexibility index (Phi) is 8.04. The Balaban J connectivity index is 1.51. The molecule has 7 rings (SSSR count). The Bertz CT molecular complexity index is 2270. The van der Waals surface area contributed by atoms with Gasteiger partial charge in [-0.25, -0.2) is 9.97 Å². The molecular weight excluding hydrogens is 571 g/mol. The average molecular weight is 606 g/mol. The van der Waals surface area contributed by atoms with E-state index in [0.717, 1.165) is 50.3 Å². The Morgan fingerprint density at radius 1 is 0.660 bits per heavy atom. The molecule has 3 nitrogen and oxygen atoms in total. The highest BCUT2D eigenvalue weighted by Gasteiger charge is 2.16. The molecule has 1 aromatic heterocycles. The smallest absolute Gasteiger partial charge is 0.160 e. The van der Waals surface area contributed by atoms with Gasteiger partial charge in [0.25, 0.3) is 0 Å². The lowest BCUT2D eigenvalue weighted by atomic mass is 9.89. The maximum absolute atomic E-state index is 6.72. The van der Waals surface area contributed by atoms with Gasteiger partial charge in [-0.3, -0.25) is 0 Å². The normalized spacial score (nSPS) is 11.8. The van der Waals surface area contributed by atoms with Crippen LogP contribution in [-0.4, -0.2) is 9.97 Å². The highest BCUT2D eigenvalue weighted by molar-refractivity contribution is 6.16. The summed E-state index contributed by atoms with van der Waals surface area (Å²) < 4.78 is 0. The number of benzene rings is 6. The molecule has 1 heterocycles. The molecule has 6 aromatic carbocycles. The fourth-order valence-corrected chi connectivity index (χ4v) is 6.31. The van der Waals surface area contributed by atoms with Crippen molar-refractivity contribution in [1.29, 1.82) is 0 Å². The van der Waals surface area contributed by atoms with Crippen molar-refractivity contribution in [3.8, 4) is 45.0 Å². The van der Waals surface area contributed by atoms with Crippen LogP contribution in [0.25, 0.3) is 78.3 Å². The number of allylic oxidation sites excluding steroid dienone is 3. The molecule has 47 heavy (non-hydrogen) atoms. The topological polar surface area (TPSA) is 51.8 Å². The number of fused-ring (bicyclic) bond motifs is 3. The Morgan fingerprint density at radius 3 is 2.00 bits per heavy atom. The van der Waals surface area contributed by atoms with Gasteiger partial charge in [0, 0.05) is 22.4 Å². The highest BCUT2D eigenvalue weighted by Crippen LogP contribution is 2.39. The molecule has 0 amide bonds. The summed E-state index contributed by atoms with van der Waals surface area (Å²) >= 11 is 0. The van der Waals surface area contributed by atoms with Gasteiger partial charge < -0.3 is 5.73 Å². The van der Waals surface area contributed by atoms with Gasteiger partial charge >= 0.3 is 0 Å². The predicted molar refractivity (Wildman–Crippen MR) is 201 cm³/mol. The van der Waals surface area contributed by atoms with Crippen molar-refractivity contribution in [2.24, 2.45) is 5.73 Å². The van der Waals surface area contributed by atoms with Crippen molar-refractivity contribution in [3.63, 3.8) is 0 Å². The first-order valence-electron chi connectivity index (χ1n) is 15.9. The van der Waals surface area contributed by atoms with Gasteiger partial charge in [0.15, 0.2) is 5.82 Å². The van der Waals surface area contributed by atoms with Crippen LogP contribution >= 0.6 is 0 Å². The second kappa shape index (κ2) is 12.7. The van der Waals surface area contributed by atoms with E-state index < -0.39 is 0 Å². The molecule has 2 N–H and O–H groups in total. The Labute approximate surface area is 276 Å². The monoisotopic (exact) mass is 605 g/mol. The summed E-state index contributed by atoms with van der Waals surface area (Å²) in [7, 11) is 0. The Hall–Kier alpha value is -6.06. The highest BCUT2D eigenvalue weighted by atomic mass is 14.9. The lowest BCUT2D eigenvalue weighted by Crippen LogP contribution is -2.00. The van der Waals surface area contributed by atoms with Crippen LogP contribution in [-0.2, 0) is 0 Å². The lowest BCUT2D eigenvalue weighted by molar-refractivity contribution is 1.18. The van der Waals surface area contributed by atoms with Crippen molar-refractivity contribution in [2.45, 2.75) is 13.8 Å². The lowest BCUT2D eigenvalue weighted by Gasteiger charge is -2.16. The second-order valence-corrected chi connectivity index (χ2v) is 11.7. The SMILES string of the molecule is C=Cc1cccc2ccc3c(-c4cc(/C(N)=C/C=C\C)cc(-c5nc(-c6ccccc6)cc(-c6ccccc6)n5)c4)ccc(C)c3c12. The van der Waals surface area contributed by atoms with E-state index in [-0.39, 0.29) is 0 Å². The third-order valence-corrected chi connectivity index (χ3v) is 8.65. The van der Waals surface area contributed by atoms with Crippen LogP contribution in [0, 0.1) is 6.92 Å². The van der Waals surface area contributed by atoms with Gasteiger partial charge in [-0.05, 0) is 93.6 Å². The minimum absolute atomic E-state index is 0.642. The minimum Gasteiger partial charge on any atom is -0.398 e. The van der Waals surface area contributed by atoms with Crippen LogP contribution in [0.3, 0.4) is 0 Å². The second-order valence-electron chi connectivity index (χ2n) is 11.7. The molecule has 0 saturated heterocycles. The number of rotatable bonds is 7. The molecule has 3 heteroatoms. The summed E-state index contributed by atoms with van der Waals surface area (Å²) in [6.45, 7) is 8.28. The zero-order valence-corrected chi connectivity index (χ0v) is 26.6. The number of aryl methyl sites for hydroxylation is 1. The molecule has 0 radical (unpaired) electrons.